The smallest absolute Gasteiger partial charge is 0.379 e. The maximum atomic E-state index is 14.7. The highest BCUT2D eigenvalue weighted by atomic mass is 32.2. The molecule has 0 radical (unpaired) electrons. The van der Waals surface area contributed by atoms with Gasteiger partial charge in [-0.3, -0.25) is 0 Å². The Bertz CT molecular complexity index is 791. The fourth-order valence-electron chi connectivity index (χ4n) is 2.19. The lowest BCUT2D eigenvalue weighted by molar-refractivity contribution is -0.137. The number of benzene rings is 1. The van der Waals surface area contributed by atoms with E-state index < -0.39 is 39.2 Å². The Labute approximate surface area is 134 Å². The summed E-state index contributed by atoms with van der Waals surface area (Å²) >= 11 is 0. The van der Waals surface area contributed by atoms with Crippen molar-refractivity contribution >= 4 is 9.84 Å². The summed E-state index contributed by atoms with van der Waals surface area (Å²) in [6.45, 7) is 0. The van der Waals surface area contributed by atoms with Gasteiger partial charge in [-0.25, -0.2) is 22.5 Å². The molecule has 2 atom stereocenters. The molecule has 24 heavy (non-hydrogen) atoms. The molecule has 2 rings (SSSR count). The van der Waals surface area contributed by atoms with E-state index in [2.05, 4.69) is 10.1 Å². The molecule has 1 N–H and O–H groups in total. The van der Waals surface area contributed by atoms with E-state index in [0.29, 0.717) is 16.8 Å². The molecule has 2 unspecified atom stereocenters. The standard InChI is InChI=1S/C13H13F4N3O3S/c1-24(22,23)6-12(21,11(14)20-8-18-7-19-20)9-2-4-10(5-3-9)13(15,16)17/h2-5,7-8,11,21H,6H2,1H3. The van der Waals surface area contributed by atoms with Gasteiger partial charge in [-0.15, -0.1) is 0 Å². The lowest BCUT2D eigenvalue weighted by atomic mass is 9.93. The maximum Gasteiger partial charge on any atom is 0.416 e. The molecule has 1 aromatic carbocycles. The maximum absolute atomic E-state index is 14.7. The van der Waals surface area contributed by atoms with Crippen LogP contribution in [0.4, 0.5) is 17.6 Å². The zero-order valence-corrected chi connectivity index (χ0v) is 13.1. The minimum Gasteiger partial charge on any atom is -0.379 e. The van der Waals surface area contributed by atoms with Crippen molar-refractivity contribution in [2.45, 2.75) is 18.1 Å². The lowest BCUT2D eigenvalue weighted by Crippen LogP contribution is -2.41. The van der Waals surface area contributed by atoms with Gasteiger partial charge in [-0.2, -0.15) is 18.3 Å². The number of nitrogens with zero attached hydrogens (tertiary/aromatic N) is 3. The van der Waals surface area contributed by atoms with Crippen LogP contribution in [-0.2, 0) is 21.6 Å². The molecule has 0 aliphatic heterocycles. The van der Waals surface area contributed by atoms with E-state index in [1.54, 1.807) is 0 Å². The molecule has 0 amide bonds. The third-order valence-electron chi connectivity index (χ3n) is 3.26. The van der Waals surface area contributed by atoms with Crippen molar-refractivity contribution in [2.75, 3.05) is 12.0 Å². The molecule has 0 saturated heterocycles. The Balaban J connectivity index is 2.50. The number of aliphatic hydroxyl groups is 1. The Kier molecular flexibility index (Phi) is 4.68. The van der Waals surface area contributed by atoms with E-state index in [1.165, 1.54) is 0 Å². The van der Waals surface area contributed by atoms with Crippen LogP contribution in [0.15, 0.2) is 36.9 Å². The summed E-state index contributed by atoms with van der Waals surface area (Å²) < 4.78 is 76.3. The quantitative estimate of drug-likeness (QED) is 0.813. The monoisotopic (exact) mass is 367 g/mol. The Hall–Kier alpha value is -2.01. The Morgan fingerprint density at radius 2 is 1.75 bits per heavy atom. The highest BCUT2D eigenvalue weighted by Gasteiger charge is 2.44. The Morgan fingerprint density at radius 3 is 2.17 bits per heavy atom. The number of rotatable bonds is 5. The van der Waals surface area contributed by atoms with E-state index in [-0.39, 0.29) is 5.56 Å². The highest BCUT2D eigenvalue weighted by Crippen LogP contribution is 2.37. The van der Waals surface area contributed by atoms with Crippen LogP contribution in [-0.4, -0.2) is 40.3 Å². The molecule has 0 aliphatic carbocycles. The van der Waals surface area contributed by atoms with Gasteiger partial charge in [0.2, 0.25) is 6.30 Å². The summed E-state index contributed by atoms with van der Waals surface area (Å²) in [4.78, 5) is 3.50. The van der Waals surface area contributed by atoms with Gasteiger partial charge in [-0.1, -0.05) is 12.1 Å². The van der Waals surface area contributed by atoms with Crippen molar-refractivity contribution < 1.29 is 31.1 Å². The summed E-state index contributed by atoms with van der Waals surface area (Å²) in [5, 5.41) is 14.1. The molecule has 0 bridgehead atoms. The van der Waals surface area contributed by atoms with E-state index in [9.17, 15) is 31.1 Å². The predicted molar refractivity (Wildman–Crippen MR) is 75.2 cm³/mol. The van der Waals surface area contributed by atoms with Crippen LogP contribution in [0.3, 0.4) is 0 Å². The van der Waals surface area contributed by atoms with Crippen LogP contribution in [0, 0.1) is 0 Å². The first kappa shape index (κ1) is 18.3. The molecule has 0 fully saturated rings. The molecule has 6 nitrogen and oxygen atoms in total. The van der Waals surface area contributed by atoms with Crippen molar-refractivity contribution in [1.29, 1.82) is 0 Å². The topological polar surface area (TPSA) is 85.1 Å². The molecule has 132 valence electrons. The van der Waals surface area contributed by atoms with Crippen molar-refractivity contribution in [3.05, 3.63) is 48.0 Å². The molecule has 2 aromatic rings. The fourth-order valence-corrected chi connectivity index (χ4v) is 3.29. The van der Waals surface area contributed by atoms with Crippen molar-refractivity contribution in [3.8, 4) is 0 Å². The van der Waals surface area contributed by atoms with Crippen LogP contribution in [0.1, 0.15) is 17.4 Å². The van der Waals surface area contributed by atoms with Crippen LogP contribution in [0.5, 0.6) is 0 Å². The summed E-state index contributed by atoms with van der Waals surface area (Å²) in [6, 6.07) is 2.93. The number of sulfone groups is 1. The first-order chi connectivity index (χ1) is 10.9. The van der Waals surface area contributed by atoms with Gasteiger partial charge in [0.15, 0.2) is 15.4 Å². The predicted octanol–water partition coefficient (Wildman–Crippen LogP) is 1.70. The molecular weight excluding hydrogens is 354 g/mol. The lowest BCUT2D eigenvalue weighted by Gasteiger charge is -2.31. The normalized spacial score (nSPS) is 16.6. The summed E-state index contributed by atoms with van der Waals surface area (Å²) in [5.41, 5.74) is -3.97. The number of hydrogen-bond donors (Lipinski definition) is 1. The van der Waals surface area contributed by atoms with Gasteiger partial charge in [0.05, 0.1) is 11.3 Å². The van der Waals surface area contributed by atoms with E-state index in [0.717, 1.165) is 31.0 Å². The van der Waals surface area contributed by atoms with Gasteiger partial charge in [-0.05, 0) is 17.7 Å². The van der Waals surface area contributed by atoms with E-state index in [4.69, 9.17) is 0 Å². The minimum atomic E-state index is -4.62. The number of hydrogen-bond acceptors (Lipinski definition) is 5. The van der Waals surface area contributed by atoms with Crippen LogP contribution in [0.2, 0.25) is 0 Å². The molecular formula is C13H13F4N3O3S. The summed E-state index contributed by atoms with van der Waals surface area (Å²) in [6.07, 6.45) is -4.32. The van der Waals surface area contributed by atoms with Crippen LogP contribution < -0.4 is 0 Å². The fraction of sp³-hybridized carbons (Fsp3) is 0.385. The molecule has 11 heteroatoms. The SMILES string of the molecule is CS(=O)(=O)CC(O)(c1ccc(C(F)(F)F)cc1)C(F)n1cncn1. The average Bonchev–Trinajstić information content (AvgIpc) is 2.98. The van der Waals surface area contributed by atoms with Gasteiger partial charge in [0, 0.05) is 6.26 Å². The van der Waals surface area contributed by atoms with Crippen LogP contribution in [0.25, 0.3) is 0 Å². The van der Waals surface area contributed by atoms with Crippen molar-refractivity contribution in [3.63, 3.8) is 0 Å². The summed E-state index contributed by atoms with van der Waals surface area (Å²) in [5.74, 6) is -1.05. The van der Waals surface area contributed by atoms with Gasteiger partial charge >= 0.3 is 6.18 Å². The first-order valence-corrected chi connectivity index (χ1v) is 8.55. The molecule has 0 aliphatic rings. The molecule has 0 spiro atoms. The van der Waals surface area contributed by atoms with Crippen molar-refractivity contribution in [2.24, 2.45) is 0 Å². The number of halogens is 4. The molecule has 1 heterocycles. The van der Waals surface area contributed by atoms with Gasteiger partial charge in [0.1, 0.15) is 12.7 Å². The minimum absolute atomic E-state index is 0.330. The zero-order valence-electron chi connectivity index (χ0n) is 12.3. The first-order valence-electron chi connectivity index (χ1n) is 6.49. The zero-order chi connectivity index (χ0) is 18.2. The van der Waals surface area contributed by atoms with Gasteiger partial charge < -0.3 is 5.11 Å². The van der Waals surface area contributed by atoms with E-state index in [1.807, 2.05) is 0 Å². The van der Waals surface area contributed by atoms with Crippen LogP contribution >= 0.6 is 0 Å². The largest absolute Gasteiger partial charge is 0.416 e. The van der Waals surface area contributed by atoms with Gasteiger partial charge in [0.25, 0.3) is 0 Å². The van der Waals surface area contributed by atoms with Crippen molar-refractivity contribution in [1.82, 2.24) is 14.8 Å². The molecule has 1 aromatic heterocycles. The molecule has 0 saturated carbocycles. The second-order valence-corrected chi connectivity index (χ2v) is 7.42. The number of alkyl halides is 4. The van der Waals surface area contributed by atoms with E-state index >= 15 is 0 Å². The second-order valence-electron chi connectivity index (χ2n) is 5.28. The summed E-state index contributed by atoms with van der Waals surface area (Å²) in [7, 11) is -3.88. The number of aromatic nitrogens is 3. The third kappa shape index (κ3) is 3.90. The Morgan fingerprint density at radius 1 is 1.21 bits per heavy atom. The third-order valence-corrected chi connectivity index (χ3v) is 4.22. The average molecular weight is 367 g/mol. The second kappa shape index (κ2) is 6.13. The highest BCUT2D eigenvalue weighted by molar-refractivity contribution is 7.90.